The van der Waals surface area contributed by atoms with Gasteiger partial charge in [0.2, 0.25) is 7.59 Å². The van der Waals surface area contributed by atoms with Crippen molar-refractivity contribution in [1.29, 1.82) is 0 Å². The smallest absolute Gasteiger partial charge is 0.115 e. The summed E-state index contributed by atoms with van der Waals surface area (Å²) in [6, 6.07) is 0. The minimum atomic E-state index is -2.06. The summed E-state index contributed by atoms with van der Waals surface area (Å²) in [7, 11) is 0. The van der Waals surface area contributed by atoms with E-state index in [0.29, 0.717) is 0 Å². The maximum atomic E-state index is 5.63. The SMILES string of the molecule is ClC(C(Cl)(Cl)Cl)C(Cl)(Cl)C(Cl)(Cl)Cl. The molecule has 0 spiro atoms. The zero-order chi connectivity index (χ0) is 11.1. The molecule has 9 heteroatoms. The van der Waals surface area contributed by atoms with Gasteiger partial charge < -0.3 is 0 Å². The average Bonchev–Trinajstić information content (AvgIpc) is 1.81. The molecule has 0 amide bonds. The third kappa shape index (κ3) is 4.17. The number of rotatable bonds is 1. The molecule has 1 atom stereocenters. The molecule has 0 aliphatic carbocycles. The second kappa shape index (κ2) is 4.85. The maximum Gasteiger partial charge on any atom is 0.224 e. The molecular weight excluding hydrogens is 367 g/mol. The predicted molar refractivity (Wildman–Crippen MR) is 64.7 cm³/mol. The van der Waals surface area contributed by atoms with Crippen LogP contribution in [0.25, 0.3) is 0 Å². The fraction of sp³-hybridized carbons (Fsp3) is 1.00. The normalized spacial score (nSPS) is 17.3. The number of alkyl halides is 9. The lowest BCUT2D eigenvalue weighted by atomic mass is 10.3. The Morgan fingerprint density at radius 3 is 1.08 bits per heavy atom. The maximum absolute atomic E-state index is 5.63. The molecule has 0 N–H and O–H groups in total. The summed E-state index contributed by atoms with van der Waals surface area (Å²) in [5.74, 6) is 0. The Hall–Kier alpha value is 2.61. The minimum Gasteiger partial charge on any atom is -0.115 e. The molecule has 0 nitrogen and oxygen atoms in total. The first-order chi connectivity index (χ1) is 5.40. The summed E-state index contributed by atoms with van der Waals surface area (Å²) in [6.45, 7) is 0. The van der Waals surface area contributed by atoms with E-state index in [4.69, 9.17) is 104 Å². The molecule has 0 saturated carbocycles. The van der Waals surface area contributed by atoms with Crippen LogP contribution in [0, 0.1) is 0 Å². The summed E-state index contributed by atoms with van der Waals surface area (Å²) in [4.78, 5) is 0. The van der Waals surface area contributed by atoms with E-state index in [0.717, 1.165) is 0 Å². The van der Waals surface area contributed by atoms with Crippen molar-refractivity contribution in [3.63, 3.8) is 0 Å². The zero-order valence-electron chi connectivity index (χ0n) is 5.48. The van der Waals surface area contributed by atoms with E-state index in [1.54, 1.807) is 0 Å². The van der Waals surface area contributed by atoms with Crippen molar-refractivity contribution >= 4 is 104 Å². The van der Waals surface area contributed by atoms with Crippen molar-refractivity contribution in [3.8, 4) is 0 Å². The van der Waals surface area contributed by atoms with Crippen LogP contribution in [-0.2, 0) is 0 Å². The summed E-state index contributed by atoms with van der Waals surface area (Å²) < 4.78 is -6.01. The fourth-order valence-corrected chi connectivity index (χ4v) is 2.16. The zero-order valence-corrected chi connectivity index (χ0v) is 12.3. The van der Waals surface area contributed by atoms with Gasteiger partial charge in [-0.25, -0.2) is 0 Å². The van der Waals surface area contributed by atoms with Gasteiger partial charge in [-0.2, -0.15) is 0 Å². The molecule has 0 bridgehead atoms. The van der Waals surface area contributed by atoms with Crippen molar-refractivity contribution in [1.82, 2.24) is 0 Å². The minimum absolute atomic E-state index is 1.37. The van der Waals surface area contributed by atoms with Crippen LogP contribution < -0.4 is 0 Å². The van der Waals surface area contributed by atoms with E-state index in [2.05, 4.69) is 0 Å². The Bertz CT molecular complexity index is 173. The first-order valence-corrected chi connectivity index (χ1v) is 6.02. The highest BCUT2D eigenvalue weighted by Gasteiger charge is 2.57. The molecule has 1 unspecified atom stereocenters. The van der Waals surface area contributed by atoms with E-state index in [1.807, 2.05) is 0 Å². The van der Waals surface area contributed by atoms with Crippen molar-refractivity contribution in [2.45, 2.75) is 17.3 Å². The first kappa shape index (κ1) is 15.6. The number of hydrogen-bond acceptors (Lipinski definition) is 0. The summed E-state index contributed by atoms with van der Waals surface area (Å²) >= 11 is 49.5. The Morgan fingerprint density at radius 2 is 1.00 bits per heavy atom. The Kier molecular flexibility index (Phi) is 5.83. The summed E-state index contributed by atoms with van der Waals surface area (Å²) in [5, 5.41) is -1.37. The Balaban J connectivity index is 4.86. The lowest BCUT2D eigenvalue weighted by molar-refractivity contribution is 0.729. The molecule has 80 valence electrons. The molecule has 0 rings (SSSR count). The highest BCUT2D eigenvalue weighted by atomic mass is 35.6. The molecule has 0 saturated heterocycles. The molecule has 0 fully saturated rings. The van der Waals surface area contributed by atoms with Gasteiger partial charge in [-0.15, -0.1) is 11.6 Å². The van der Waals surface area contributed by atoms with Crippen molar-refractivity contribution < 1.29 is 0 Å². The van der Waals surface area contributed by atoms with Crippen molar-refractivity contribution in [3.05, 3.63) is 0 Å². The molecule has 0 aliphatic rings. The molecular formula is C4HCl9. The van der Waals surface area contributed by atoms with E-state index in [9.17, 15) is 0 Å². The highest BCUT2D eigenvalue weighted by Crippen LogP contribution is 2.55. The Labute approximate surface area is 121 Å². The topological polar surface area (TPSA) is 0 Å². The van der Waals surface area contributed by atoms with Crippen molar-refractivity contribution in [2.24, 2.45) is 0 Å². The van der Waals surface area contributed by atoms with Gasteiger partial charge in [-0.1, -0.05) is 92.8 Å². The number of hydrogen-bond donors (Lipinski definition) is 0. The van der Waals surface area contributed by atoms with Gasteiger partial charge in [0.25, 0.3) is 0 Å². The van der Waals surface area contributed by atoms with Gasteiger partial charge in [0.15, 0.2) is 4.33 Å². The lowest BCUT2D eigenvalue weighted by Crippen LogP contribution is -2.46. The van der Waals surface area contributed by atoms with E-state index < -0.39 is 17.3 Å². The van der Waals surface area contributed by atoms with Gasteiger partial charge in [0, 0.05) is 0 Å². The van der Waals surface area contributed by atoms with Crippen LogP contribution in [0.5, 0.6) is 0 Å². The van der Waals surface area contributed by atoms with Crippen LogP contribution in [0.1, 0.15) is 0 Å². The summed E-state index contributed by atoms with van der Waals surface area (Å²) in [5.41, 5.74) is 0. The monoisotopic (exact) mass is 364 g/mol. The third-order valence-electron chi connectivity index (χ3n) is 0.984. The van der Waals surface area contributed by atoms with Gasteiger partial charge in [0.1, 0.15) is 5.38 Å². The van der Waals surface area contributed by atoms with Gasteiger partial charge in [0.05, 0.1) is 0 Å². The molecule has 13 heavy (non-hydrogen) atoms. The average molecular weight is 368 g/mol. The van der Waals surface area contributed by atoms with Crippen LogP contribution in [0.4, 0.5) is 0 Å². The van der Waals surface area contributed by atoms with E-state index in [-0.39, 0.29) is 0 Å². The van der Waals surface area contributed by atoms with Crippen LogP contribution in [-0.4, -0.2) is 17.3 Å². The van der Waals surface area contributed by atoms with Crippen LogP contribution in [0.2, 0.25) is 0 Å². The van der Waals surface area contributed by atoms with Gasteiger partial charge in [-0.05, 0) is 0 Å². The molecule has 0 aromatic heterocycles. The predicted octanol–water partition coefficient (Wildman–Crippen LogP) is 5.51. The lowest BCUT2D eigenvalue weighted by Gasteiger charge is -2.34. The third-order valence-corrected chi connectivity index (χ3v) is 5.33. The fourth-order valence-electron chi connectivity index (χ4n) is 0.349. The summed E-state index contributed by atoms with van der Waals surface area (Å²) in [6.07, 6.45) is 0. The van der Waals surface area contributed by atoms with E-state index >= 15 is 0 Å². The molecule has 0 radical (unpaired) electrons. The van der Waals surface area contributed by atoms with E-state index in [1.165, 1.54) is 0 Å². The van der Waals surface area contributed by atoms with Crippen molar-refractivity contribution in [2.75, 3.05) is 0 Å². The highest BCUT2D eigenvalue weighted by molar-refractivity contribution is 6.78. The quantitative estimate of drug-likeness (QED) is 0.536. The molecule has 0 aliphatic heterocycles. The van der Waals surface area contributed by atoms with Crippen LogP contribution in [0.15, 0.2) is 0 Å². The largest absolute Gasteiger partial charge is 0.224 e. The standard InChI is InChI=1S/C4HCl9/c5-1(3(8,9)10)2(6,7)4(11,12)13/h1H. The Morgan fingerprint density at radius 1 is 0.692 bits per heavy atom. The van der Waals surface area contributed by atoms with Gasteiger partial charge in [-0.3, -0.25) is 0 Å². The second-order valence-electron chi connectivity index (χ2n) is 2.02. The molecule has 0 heterocycles. The second-order valence-corrected chi connectivity index (χ2v) is 8.50. The van der Waals surface area contributed by atoms with Crippen LogP contribution >= 0.6 is 104 Å². The van der Waals surface area contributed by atoms with Gasteiger partial charge >= 0.3 is 0 Å². The van der Waals surface area contributed by atoms with Crippen LogP contribution in [0.3, 0.4) is 0 Å². The number of halogens is 9. The first-order valence-electron chi connectivity index (χ1n) is 2.56. The molecule has 0 aromatic carbocycles. The molecule has 0 aromatic rings.